The number of carbonyl (C=O) groups excluding carboxylic acids is 1. The average Bonchev–Trinajstić information content (AvgIpc) is 2.73. The highest BCUT2D eigenvalue weighted by Crippen LogP contribution is 2.28. The van der Waals surface area contributed by atoms with Crippen molar-refractivity contribution >= 4 is 17.9 Å². The summed E-state index contributed by atoms with van der Waals surface area (Å²) in [5, 5.41) is 4.17. The Bertz CT molecular complexity index is 831. The molecule has 1 aromatic carbocycles. The lowest BCUT2D eigenvalue weighted by Crippen LogP contribution is -2.49. The Morgan fingerprint density at radius 1 is 1.24 bits per heavy atom. The molecule has 0 bridgehead atoms. The van der Waals surface area contributed by atoms with Crippen molar-refractivity contribution in [2.45, 2.75) is 45.2 Å². The molecule has 1 aliphatic rings. The van der Waals surface area contributed by atoms with Crippen LogP contribution in [0.15, 0.2) is 47.7 Å². The standard InChI is InChI=1S/C22H28N4O3/c1-16-7-6-8-17(2)26(16)22(27)15-29-19-11-10-18(13-20(19)28-3)14-24-25-21-9-4-5-12-23-21/h4-5,9-14,16-17H,6-8,15H2,1-3H3,(H,23,25)/b24-14-/t16-,17-/m1/s1. The van der Waals surface area contributed by atoms with E-state index in [2.05, 4.69) is 29.4 Å². The third-order valence-corrected chi connectivity index (χ3v) is 5.08. The fourth-order valence-corrected chi connectivity index (χ4v) is 3.61. The predicted molar refractivity (Wildman–Crippen MR) is 114 cm³/mol. The lowest BCUT2D eigenvalue weighted by atomic mass is 9.97. The number of nitrogens with one attached hydrogen (secondary N) is 1. The van der Waals surface area contributed by atoms with E-state index in [1.807, 2.05) is 35.2 Å². The van der Waals surface area contributed by atoms with Crippen LogP contribution in [0.2, 0.25) is 0 Å². The Morgan fingerprint density at radius 3 is 2.72 bits per heavy atom. The Kier molecular flexibility index (Phi) is 7.05. The summed E-state index contributed by atoms with van der Waals surface area (Å²) in [6.45, 7) is 4.20. The van der Waals surface area contributed by atoms with Crippen LogP contribution in [-0.4, -0.2) is 47.8 Å². The second-order valence-corrected chi connectivity index (χ2v) is 7.21. The average molecular weight is 396 g/mol. The third-order valence-electron chi connectivity index (χ3n) is 5.08. The van der Waals surface area contributed by atoms with E-state index in [4.69, 9.17) is 9.47 Å². The number of hydrazone groups is 1. The van der Waals surface area contributed by atoms with Gasteiger partial charge in [-0.25, -0.2) is 4.98 Å². The Balaban J connectivity index is 1.60. The topological polar surface area (TPSA) is 76.0 Å². The van der Waals surface area contributed by atoms with Gasteiger partial charge in [0.15, 0.2) is 18.1 Å². The molecule has 2 atom stereocenters. The van der Waals surface area contributed by atoms with E-state index in [1.165, 1.54) is 6.42 Å². The fourth-order valence-electron chi connectivity index (χ4n) is 3.61. The van der Waals surface area contributed by atoms with Crippen molar-refractivity contribution in [2.24, 2.45) is 5.10 Å². The first-order valence-electron chi connectivity index (χ1n) is 9.90. The van der Waals surface area contributed by atoms with E-state index >= 15 is 0 Å². The van der Waals surface area contributed by atoms with E-state index in [0.717, 1.165) is 18.4 Å². The number of carbonyl (C=O) groups is 1. The van der Waals surface area contributed by atoms with Crippen molar-refractivity contribution in [3.8, 4) is 11.5 Å². The van der Waals surface area contributed by atoms with Gasteiger partial charge in [-0.1, -0.05) is 6.07 Å². The molecule has 0 aliphatic carbocycles. The van der Waals surface area contributed by atoms with E-state index in [9.17, 15) is 4.79 Å². The van der Waals surface area contributed by atoms with Crippen LogP contribution < -0.4 is 14.9 Å². The monoisotopic (exact) mass is 396 g/mol. The summed E-state index contributed by atoms with van der Waals surface area (Å²) in [7, 11) is 1.58. The molecule has 0 saturated carbocycles. The maximum atomic E-state index is 12.7. The molecule has 1 amide bonds. The molecule has 1 N–H and O–H groups in total. The number of anilines is 1. The third kappa shape index (κ3) is 5.47. The lowest BCUT2D eigenvalue weighted by Gasteiger charge is -2.39. The molecule has 0 radical (unpaired) electrons. The second kappa shape index (κ2) is 9.91. The number of piperidine rings is 1. The summed E-state index contributed by atoms with van der Waals surface area (Å²) < 4.78 is 11.2. The number of hydrogen-bond acceptors (Lipinski definition) is 6. The van der Waals surface area contributed by atoms with E-state index in [0.29, 0.717) is 17.3 Å². The molecule has 0 spiro atoms. The molecular formula is C22H28N4O3. The highest BCUT2D eigenvalue weighted by molar-refractivity contribution is 5.82. The molecule has 3 rings (SSSR count). The molecular weight excluding hydrogens is 368 g/mol. The van der Waals surface area contributed by atoms with Gasteiger partial charge in [-0.05, 0) is 69.0 Å². The molecule has 1 saturated heterocycles. The summed E-state index contributed by atoms with van der Waals surface area (Å²) >= 11 is 0. The molecule has 29 heavy (non-hydrogen) atoms. The van der Waals surface area contributed by atoms with Crippen LogP contribution in [0.4, 0.5) is 5.82 Å². The van der Waals surface area contributed by atoms with Gasteiger partial charge < -0.3 is 14.4 Å². The van der Waals surface area contributed by atoms with Gasteiger partial charge in [0.1, 0.15) is 5.82 Å². The number of aromatic nitrogens is 1. The predicted octanol–water partition coefficient (Wildman–Crippen LogP) is 3.70. The van der Waals surface area contributed by atoms with Crippen LogP contribution >= 0.6 is 0 Å². The van der Waals surface area contributed by atoms with Crippen LogP contribution in [0.5, 0.6) is 11.5 Å². The van der Waals surface area contributed by atoms with Gasteiger partial charge in [-0.2, -0.15) is 5.10 Å². The van der Waals surface area contributed by atoms with Gasteiger partial charge in [0.25, 0.3) is 5.91 Å². The maximum absolute atomic E-state index is 12.7. The number of nitrogens with zero attached hydrogens (tertiary/aromatic N) is 3. The van der Waals surface area contributed by atoms with Gasteiger partial charge in [0.2, 0.25) is 0 Å². The number of hydrogen-bond donors (Lipinski definition) is 1. The lowest BCUT2D eigenvalue weighted by molar-refractivity contribution is -0.139. The van der Waals surface area contributed by atoms with Crippen molar-refractivity contribution in [1.29, 1.82) is 0 Å². The number of rotatable bonds is 7. The van der Waals surface area contributed by atoms with E-state index in [-0.39, 0.29) is 24.6 Å². The molecule has 7 nitrogen and oxygen atoms in total. The molecule has 2 heterocycles. The minimum Gasteiger partial charge on any atom is -0.493 e. The number of amides is 1. The van der Waals surface area contributed by atoms with Gasteiger partial charge in [-0.15, -0.1) is 0 Å². The number of likely N-dealkylation sites (tertiary alicyclic amines) is 1. The zero-order valence-corrected chi connectivity index (χ0v) is 17.2. The van der Waals surface area contributed by atoms with Crippen LogP contribution in [0, 0.1) is 0 Å². The molecule has 1 aromatic heterocycles. The number of pyridine rings is 1. The summed E-state index contributed by atoms with van der Waals surface area (Å²) in [6.07, 6.45) is 6.61. The Hall–Kier alpha value is -3.09. The first kappa shape index (κ1) is 20.6. The van der Waals surface area contributed by atoms with Crippen LogP contribution in [0.25, 0.3) is 0 Å². The van der Waals surface area contributed by atoms with Crippen LogP contribution in [0.3, 0.4) is 0 Å². The zero-order chi connectivity index (χ0) is 20.6. The van der Waals surface area contributed by atoms with Crippen molar-refractivity contribution < 1.29 is 14.3 Å². The van der Waals surface area contributed by atoms with Crippen molar-refractivity contribution in [3.63, 3.8) is 0 Å². The van der Waals surface area contributed by atoms with Gasteiger partial charge in [-0.3, -0.25) is 10.2 Å². The first-order valence-corrected chi connectivity index (χ1v) is 9.90. The molecule has 154 valence electrons. The minimum absolute atomic E-state index is 0.000290. The molecule has 1 aliphatic heterocycles. The summed E-state index contributed by atoms with van der Waals surface area (Å²) in [4.78, 5) is 18.7. The SMILES string of the molecule is COc1cc(/C=N\Nc2ccccn2)ccc1OCC(=O)N1[C@H](C)CCC[C@H]1C. The highest BCUT2D eigenvalue weighted by atomic mass is 16.5. The van der Waals surface area contributed by atoms with E-state index < -0.39 is 0 Å². The van der Waals surface area contributed by atoms with Gasteiger partial charge >= 0.3 is 0 Å². The van der Waals surface area contributed by atoms with E-state index in [1.54, 1.807) is 25.6 Å². The number of methoxy groups -OCH3 is 1. The number of benzene rings is 1. The minimum atomic E-state index is -0.000290. The van der Waals surface area contributed by atoms with Gasteiger partial charge in [0.05, 0.1) is 13.3 Å². The maximum Gasteiger partial charge on any atom is 0.260 e. The van der Waals surface area contributed by atoms with Crippen LogP contribution in [0.1, 0.15) is 38.7 Å². The molecule has 0 unspecified atom stereocenters. The Morgan fingerprint density at radius 2 is 2.03 bits per heavy atom. The van der Waals surface area contributed by atoms with Crippen molar-refractivity contribution in [2.75, 3.05) is 19.1 Å². The summed E-state index contributed by atoms with van der Waals surface area (Å²) in [5.74, 6) is 1.76. The normalized spacial score (nSPS) is 19.2. The largest absolute Gasteiger partial charge is 0.493 e. The molecule has 7 heteroatoms. The van der Waals surface area contributed by atoms with Crippen molar-refractivity contribution in [1.82, 2.24) is 9.88 Å². The van der Waals surface area contributed by atoms with Crippen molar-refractivity contribution in [3.05, 3.63) is 48.2 Å². The summed E-state index contributed by atoms with van der Waals surface area (Å²) in [6, 6.07) is 11.5. The summed E-state index contributed by atoms with van der Waals surface area (Å²) in [5.41, 5.74) is 3.70. The molecule has 1 fully saturated rings. The van der Waals surface area contributed by atoms with Gasteiger partial charge in [0, 0.05) is 18.3 Å². The second-order valence-electron chi connectivity index (χ2n) is 7.21. The van der Waals surface area contributed by atoms with Crippen LogP contribution in [-0.2, 0) is 4.79 Å². The number of ether oxygens (including phenoxy) is 2. The molecule has 2 aromatic rings. The smallest absolute Gasteiger partial charge is 0.260 e. The fraction of sp³-hybridized carbons (Fsp3) is 0.409. The first-order chi connectivity index (χ1) is 14.1. The highest BCUT2D eigenvalue weighted by Gasteiger charge is 2.29. The quantitative estimate of drug-likeness (QED) is 0.570. The Labute approximate surface area is 171 Å². The zero-order valence-electron chi connectivity index (χ0n) is 17.2.